The summed E-state index contributed by atoms with van der Waals surface area (Å²) in [5.74, 6) is 0. The van der Waals surface area contributed by atoms with Crippen molar-refractivity contribution in [3.05, 3.63) is 54.7 Å². The Bertz CT molecular complexity index is 839. The minimum atomic E-state index is 1.07. The molecule has 2 heterocycles. The van der Waals surface area contributed by atoms with Gasteiger partial charge in [-0.15, -0.1) is 11.3 Å². The zero-order valence-electron chi connectivity index (χ0n) is 9.05. The molecule has 0 unspecified atom stereocenters. The molecular weight excluding hydrogens is 226 g/mol. The van der Waals surface area contributed by atoms with Crippen LogP contribution in [-0.2, 0) is 0 Å². The molecule has 2 aromatic heterocycles. The lowest BCUT2D eigenvalue weighted by Crippen LogP contribution is -1.76. The highest BCUT2D eigenvalue weighted by Gasteiger charge is 2.05. The first-order valence-corrected chi connectivity index (χ1v) is 6.39. The molecule has 4 aromatic rings. The Morgan fingerprint density at radius 1 is 0.824 bits per heavy atom. The average molecular weight is 235 g/mol. The van der Waals surface area contributed by atoms with Crippen LogP contribution in [0.15, 0.2) is 54.7 Å². The molecule has 0 aliphatic heterocycles. The monoisotopic (exact) mass is 235 g/mol. The predicted molar refractivity (Wildman–Crippen MR) is 74.6 cm³/mol. The molecule has 0 aliphatic rings. The van der Waals surface area contributed by atoms with E-state index in [2.05, 4.69) is 47.4 Å². The minimum absolute atomic E-state index is 1.07. The molecule has 0 N–H and O–H groups in total. The number of hydrogen-bond donors (Lipinski definition) is 0. The van der Waals surface area contributed by atoms with Crippen LogP contribution in [0.25, 0.3) is 31.1 Å². The summed E-state index contributed by atoms with van der Waals surface area (Å²) in [6, 6.07) is 17.1. The Kier molecular flexibility index (Phi) is 1.76. The number of rotatable bonds is 0. The van der Waals surface area contributed by atoms with E-state index >= 15 is 0 Å². The molecule has 0 bridgehead atoms. The van der Waals surface area contributed by atoms with Crippen molar-refractivity contribution in [3.8, 4) is 0 Å². The fraction of sp³-hybridized carbons (Fsp3) is 0. The molecule has 0 radical (unpaired) electrons. The van der Waals surface area contributed by atoms with Crippen molar-refractivity contribution < 1.29 is 0 Å². The molecule has 0 saturated carbocycles. The Hall–Kier alpha value is -1.93. The molecule has 0 fully saturated rings. The van der Waals surface area contributed by atoms with Crippen LogP contribution in [0.5, 0.6) is 0 Å². The van der Waals surface area contributed by atoms with Gasteiger partial charge in [0, 0.05) is 31.8 Å². The van der Waals surface area contributed by atoms with Gasteiger partial charge in [0.25, 0.3) is 0 Å². The highest BCUT2D eigenvalue weighted by atomic mass is 32.1. The van der Waals surface area contributed by atoms with Crippen LogP contribution < -0.4 is 0 Å². The first kappa shape index (κ1) is 9.14. The van der Waals surface area contributed by atoms with Gasteiger partial charge in [-0.05, 0) is 24.3 Å². The van der Waals surface area contributed by atoms with Gasteiger partial charge in [0.2, 0.25) is 0 Å². The van der Waals surface area contributed by atoms with Gasteiger partial charge in [0.05, 0.1) is 5.52 Å². The summed E-state index contributed by atoms with van der Waals surface area (Å²) in [7, 11) is 0. The standard InChI is InChI=1S/C15H9NS/c1-2-6-14-11(5-1)12-9-13-10(4-3-7-16-13)8-15(12)17-14/h1-9H. The second kappa shape index (κ2) is 3.28. The Morgan fingerprint density at radius 3 is 2.76 bits per heavy atom. The molecule has 0 aliphatic carbocycles. The number of hydrogen-bond acceptors (Lipinski definition) is 2. The minimum Gasteiger partial charge on any atom is -0.256 e. The fourth-order valence-electron chi connectivity index (χ4n) is 2.29. The van der Waals surface area contributed by atoms with E-state index in [0.29, 0.717) is 0 Å². The van der Waals surface area contributed by atoms with Gasteiger partial charge in [-0.3, -0.25) is 4.98 Å². The largest absolute Gasteiger partial charge is 0.256 e. The molecule has 0 atom stereocenters. The topological polar surface area (TPSA) is 12.9 Å². The van der Waals surface area contributed by atoms with Gasteiger partial charge in [-0.25, -0.2) is 0 Å². The first-order valence-electron chi connectivity index (χ1n) is 5.58. The molecule has 2 aromatic carbocycles. The van der Waals surface area contributed by atoms with Crippen LogP contribution in [0.1, 0.15) is 0 Å². The van der Waals surface area contributed by atoms with E-state index in [1.807, 2.05) is 23.6 Å². The normalized spacial score (nSPS) is 11.5. The Balaban J connectivity index is 2.28. The van der Waals surface area contributed by atoms with E-state index in [4.69, 9.17) is 0 Å². The van der Waals surface area contributed by atoms with Crippen molar-refractivity contribution >= 4 is 42.4 Å². The molecule has 0 spiro atoms. The maximum absolute atomic E-state index is 4.42. The Morgan fingerprint density at radius 2 is 1.76 bits per heavy atom. The van der Waals surface area contributed by atoms with Crippen molar-refractivity contribution in [1.82, 2.24) is 4.98 Å². The molecule has 4 rings (SSSR count). The van der Waals surface area contributed by atoms with Crippen molar-refractivity contribution in [2.24, 2.45) is 0 Å². The average Bonchev–Trinajstić information content (AvgIpc) is 2.73. The van der Waals surface area contributed by atoms with E-state index in [0.717, 1.165) is 5.52 Å². The zero-order chi connectivity index (χ0) is 11.2. The van der Waals surface area contributed by atoms with Gasteiger partial charge in [-0.1, -0.05) is 24.3 Å². The highest BCUT2D eigenvalue weighted by Crippen LogP contribution is 2.35. The smallest absolute Gasteiger partial charge is 0.0709 e. The number of thiophene rings is 1. The number of aromatic nitrogens is 1. The van der Waals surface area contributed by atoms with Gasteiger partial charge < -0.3 is 0 Å². The third-order valence-electron chi connectivity index (χ3n) is 3.10. The maximum Gasteiger partial charge on any atom is 0.0709 e. The number of fused-ring (bicyclic) bond motifs is 4. The summed E-state index contributed by atoms with van der Waals surface area (Å²) in [5.41, 5.74) is 1.07. The van der Waals surface area contributed by atoms with Crippen LogP contribution in [0, 0.1) is 0 Å². The van der Waals surface area contributed by atoms with Gasteiger partial charge in [-0.2, -0.15) is 0 Å². The van der Waals surface area contributed by atoms with Crippen LogP contribution in [0.3, 0.4) is 0 Å². The molecular formula is C15H9NS. The first-order chi connectivity index (χ1) is 8.42. The third kappa shape index (κ3) is 1.28. The summed E-state index contributed by atoms with van der Waals surface area (Å²) in [6.07, 6.45) is 1.85. The van der Waals surface area contributed by atoms with Crippen LogP contribution in [0.4, 0.5) is 0 Å². The van der Waals surface area contributed by atoms with Gasteiger partial charge in [0.15, 0.2) is 0 Å². The second-order valence-corrected chi connectivity index (χ2v) is 5.23. The summed E-state index contributed by atoms with van der Waals surface area (Å²) in [6.45, 7) is 0. The Labute approximate surface area is 102 Å². The summed E-state index contributed by atoms with van der Waals surface area (Å²) >= 11 is 1.85. The van der Waals surface area contributed by atoms with Crippen molar-refractivity contribution in [3.63, 3.8) is 0 Å². The lowest BCUT2D eigenvalue weighted by Gasteiger charge is -1.96. The summed E-state index contributed by atoms with van der Waals surface area (Å²) in [5, 5.41) is 3.86. The predicted octanol–water partition coefficient (Wildman–Crippen LogP) is 4.60. The molecule has 0 saturated heterocycles. The van der Waals surface area contributed by atoms with Crippen LogP contribution in [0.2, 0.25) is 0 Å². The summed E-state index contributed by atoms with van der Waals surface area (Å²) < 4.78 is 2.68. The SMILES string of the molecule is c1cnc2cc3c(cc2c1)sc1ccccc13. The van der Waals surface area contributed by atoms with Crippen molar-refractivity contribution in [2.45, 2.75) is 0 Å². The van der Waals surface area contributed by atoms with E-state index in [1.54, 1.807) is 0 Å². The van der Waals surface area contributed by atoms with Crippen molar-refractivity contribution in [2.75, 3.05) is 0 Å². The van der Waals surface area contributed by atoms with E-state index < -0.39 is 0 Å². The summed E-state index contributed by atoms with van der Waals surface area (Å²) in [4.78, 5) is 4.42. The highest BCUT2D eigenvalue weighted by molar-refractivity contribution is 7.25. The quantitative estimate of drug-likeness (QED) is 0.434. The van der Waals surface area contributed by atoms with E-state index in [1.165, 1.54) is 25.6 Å². The molecule has 80 valence electrons. The molecule has 0 amide bonds. The molecule has 17 heavy (non-hydrogen) atoms. The van der Waals surface area contributed by atoms with Crippen molar-refractivity contribution in [1.29, 1.82) is 0 Å². The molecule has 2 heteroatoms. The van der Waals surface area contributed by atoms with E-state index in [-0.39, 0.29) is 0 Å². The lowest BCUT2D eigenvalue weighted by molar-refractivity contribution is 1.42. The van der Waals surface area contributed by atoms with E-state index in [9.17, 15) is 0 Å². The van der Waals surface area contributed by atoms with Crippen LogP contribution >= 0.6 is 11.3 Å². The maximum atomic E-state index is 4.42. The lowest BCUT2D eigenvalue weighted by atomic mass is 10.1. The zero-order valence-corrected chi connectivity index (χ0v) is 9.87. The van der Waals surface area contributed by atoms with Gasteiger partial charge >= 0.3 is 0 Å². The fourth-order valence-corrected chi connectivity index (χ4v) is 3.43. The van der Waals surface area contributed by atoms with Gasteiger partial charge in [0.1, 0.15) is 0 Å². The molecule has 1 nitrogen and oxygen atoms in total. The number of nitrogens with zero attached hydrogens (tertiary/aromatic N) is 1. The third-order valence-corrected chi connectivity index (χ3v) is 4.24. The van der Waals surface area contributed by atoms with Crippen LogP contribution in [-0.4, -0.2) is 4.98 Å². The second-order valence-electron chi connectivity index (χ2n) is 4.14. The number of benzene rings is 2. The number of pyridine rings is 1.